The lowest BCUT2D eigenvalue weighted by Gasteiger charge is -2.41. The lowest BCUT2D eigenvalue weighted by molar-refractivity contribution is -0.137. The maximum atomic E-state index is 12.9. The van der Waals surface area contributed by atoms with Crippen molar-refractivity contribution < 1.29 is 27.4 Å². The Morgan fingerprint density at radius 2 is 1.86 bits per heavy atom. The summed E-state index contributed by atoms with van der Waals surface area (Å²) in [4.78, 5) is 14.4. The van der Waals surface area contributed by atoms with Crippen molar-refractivity contribution >= 4 is 23.2 Å². The SMILES string of the molecule is O=C(NC1CN(c2cccc(C(F)(F)F)c2)C1)c1ccc(Oc2cc3c(cc2Cl)CCCO3)cc1. The molecule has 0 aliphatic carbocycles. The topological polar surface area (TPSA) is 50.8 Å². The fraction of sp³-hybridized carbons (Fsp3) is 0.269. The molecule has 1 N–H and O–H groups in total. The molecular weight excluding hydrogens is 481 g/mol. The zero-order valence-corrected chi connectivity index (χ0v) is 19.3. The Bertz CT molecular complexity index is 1240. The van der Waals surface area contributed by atoms with E-state index in [1.807, 2.05) is 6.07 Å². The number of nitrogens with zero attached hydrogens (tertiary/aromatic N) is 1. The number of fused-ring (bicyclic) bond motifs is 1. The summed E-state index contributed by atoms with van der Waals surface area (Å²) in [6, 6.07) is 15.3. The number of anilines is 1. The van der Waals surface area contributed by atoms with E-state index in [0.717, 1.165) is 36.3 Å². The van der Waals surface area contributed by atoms with Crippen molar-refractivity contribution in [2.24, 2.45) is 0 Å². The highest BCUT2D eigenvalue weighted by Crippen LogP contribution is 2.38. The molecule has 3 aromatic rings. The Kier molecular flexibility index (Phi) is 6.23. The molecule has 9 heteroatoms. The number of ether oxygens (including phenoxy) is 2. The van der Waals surface area contributed by atoms with Crippen LogP contribution in [0.25, 0.3) is 0 Å². The Hall–Kier alpha value is -3.39. The first-order valence-corrected chi connectivity index (χ1v) is 11.6. The molecule has 1 amide bonds. The van der Waals surface area contributed by atoms with Crippen molar-refractivity contribution in [3.63, 3.8) is 0 Å². The van der Waals surface area contributed by atoms with Crippen LogP contribution in [0.1, 0.15) is 27.9 Å². The molecule has 3 aromatic carbocycles. The van der Waals surface area contributed by atoms with E-state index in [2.05, 4.69) is 5.32 Å². The number of halogens is 4. The van der Waals surface area contributed by atoms with E-state index < -0.39 is 11.7 Å². The van der Waals surface area contributed by atoms with Crippen LogP contribution in [0.4, 0.5) is 18.9 Å². The second kappa shape index (κ2) is 9.34. The van der Waals surface area contributed by atoms with Gasteiger partial charge in [-0.25, -0.2) is 0 Å². The first kappa shape index (κ1) is 23.4. The van der Waals surface area contributed by atoms with Gasteiger partial charge in [-0.1, -0.05) is 17.7 Å². The minimum absolute atomic E-state index is 0.151. The third-order valence-electron chi connectivity index (χ3n) is 6.06. The molecule has 35 heavy (non-hydrogen) atoms. The molecule has 182 valence electrons. The number of carbonyl (C=O) groups excluding carboxylic acids is 1. The first-order valence-electron chi connectivity index (χ1n) is 11.2. The van der Waals surface area contributed by atoms with Gasteiger partial charge in [0.1, 0.15) is 17.2 Å². The van der Waals surface area contributed by atoms with E-state index in [9.17, 15) is 18.0 Å². The van der Waals surface area contributed by atoms with Gasteiger partial charge in [-0.05, 0) is 66.9 Å². The van der Waals surface area contributed by atoms with Crippen LogP contribution in [0, 0.1) is 0 Å². The smallest absolute Gasteiger partial charge is 0.416 e. The minimum atomic E-state index is -4.39. The lowest BCUT2D eigenvalue weighted by Crippen LogP contribution is -2.59. The molecule has 2 aliphatic heterocycles. The van der Waals surface area contributed by atoms with Crippen LogP contribution in [-0.4, -0.2) is 31.6 Å². The maximum Gasteiger partial charge on any atom is 0.416 e. The molecule has 0 bridgehead atoms. The van der Waals surface area contributed by atoms with E-state index in [0.29, 0.717) is 47.5 Å². The van der Waals surface area contributed by atoms with Gasteiger partial charge >= 0.3 is 6.18 Å². The zero-order valence-electron chi connectivity index (χ0n) is 18.6. The average molecular weight is 503 g/mol. The molecular formula is C26H22ClF3N2O3. The molecule has 5 nitrogen and oxygen atoms in total. The predicted molar refractivity (Wildman–Crippen MR) is 127 cm³/mol. The number of amides is 1. The van der Waals surface area contributed by atoms with Crippen molar-refractivity contribution in [3.8, 4) is 17.2 Å². The number of carbonyl (C=O) groups is 1. The second-order valence-corrected chi connectivity index (χ2v) is 9.00. The molecule has 0 aromatic heterocycles. The summed E-state index contributed by atoms with van der Waals surface area (Å²) >= 11 is 6.36. The van der Waals surface area contributed by atoms with Crippen LogP contribution in [0.3, 0.4) is 0 Å². The van der Waals surface area contributed by atoms with E-state index in [4.69, 9.17) is 21.1 Å². The van der Waals surface area contributed by atoms with Gasteiger partial charge in [0.05, 0.1) is 23.2 Å². The number of rotatable bonds is 5. The van der Waals surface area contributed by atoms with Crippen LogP contribution in [0.15, 0.2) is 60.7 Å². The van der Waals surface area contributed by atoms with Gasteiger partial charge < -0.3 is 19.7 Å². The van der Waals surface area contributed by atoms with Gasteiger partial charge in [-0.2, -0.15) is 13.2 Å². The van der Waals surface area contributed by atoms with Crippen molar-refractivity contribution in [3.05, 3.63) is 82.4 Å². The highest BCUT2D eigenvalue weighted by atomic mass is 35.5. The predicted octanol–water partition coefficient (Wildman–Crippen LogP) is 6.09. The Morgan fingerprint density at radius 1 is 1.09 bits per heavy atom. The summed E-state index contributed by atoms with van der Waals surface area (Å²) < 4.78 is 50.4. The molecule has 2 aliphatic rings. The third-order valence-corrected chi connectivity index (χ3v) is 6.36. The van der Waals surface area contributed by atoms with Crippen molar-refractivity contribution in [1.29, 1.82) is 0 Å². The van der Waals surface area contributed by atoms with Crippen LogP contribution < -0.4 is 19.7 Å². The molecule has 0 unspecified atom stereocenters. The van der Waals surface area contributed by atoms with Gasteiger partial charge in [-0.3, -0.25) is 4.79 Å². The average Bonchev–Trinajstić information content (AvgIpc) is 2.81. The zero-order chi connectivity index (χ0) is 24.6. The summed E-state index contributed by atoms with van der Waals surface area (Å²) in [6.07, 6.45) is -2.52. The number of hydrogen-bond acceptors (Lipinski definition) is 4. The van der Waals surface area contributed by atoms with E-state index in [1.165, 1.54) is 6.07 Å². The minimum Gasteiger partial charge on any atom is -0.493 e. The van der Waals surface area contributed by atoms with Crippen LogP contribution >= 0.6 is 11.6 Å². The van der Waals surface area contributed by atoms with E-state index in [-0.39, 0.29) is 11.9 Å². The van der Waals surface area contributed by atoms with Crippen molar-refractivity contribution in [2.75, 3.05) is 24.6 Å². The summed E-state index contributed by atoms with van der Waals surface area (Å²) in [5.41, 5.74) is 1.31. The fourth-order valence-electron chi connectivity index (χ4n) is 4.16. The number of aryl methyl sites for hydroxylation is 1. The van der Waals surface area contributed by atoms with Crippen LogP contribution in [-0.2, 0) is 12.6 Å². The molecule has 2 heterocycles. The number of benzene rings is 3. The monoisotopic (exact) mass is 502 g/mol. The second-order valence-electron chi connectivity index (χ2n) is 8.59. The van der Waals surface area contributed by atoms with Crippen molar-refractivity contribution in [2.45, 2.75) is 25.1 Å². The quantitative estimate of drug-likeness (QED) is 0.458. The van der Waals surface area contributed by atoms with Gasteiger partial charge in [0.15, 0.2) is 0 Å². The van der Waals surface area contributed by atoms with Gasteiger partial charge in [-0.15, -0.1) is 0 Å². The van der Waals surface area contributed by atoms with Gasteiger partial charge in [0.25, 0.3) is 5.91 Å². The summed E-state index contributed by atoms with van der Waals surface area (Å²) in [6.45, 7) is 1.54. The summed E-state index contributed by atoms with van der Waals surface area (Å²) in [7, 11) is 0. The highest BCUT2D eigenvalue weighted by molar-refractivity contribution is 6.32. The van der Waals surface area contributed by atoms with Gasteiger partial charge in [0.2, 0.25) is 0 Å². The number of alkyl halides is 3. The number of nitrogens with one attached hydrogen (secondary N) is 1. The largest absolute Gasteiger partial charge is 0.493 e. The molecule has 5 rings (SSSR count). The Labute approximate surface area is 205 Å². The van der Waals surface area contributed by atoms with Crippen LogP contribution in [0.2, 0.25) is 5.02 Å². The molecule has 1 fully saturated rings. The molecule has 0 atom stereocenters. The molecule has 1 saturated heterocycles. The van der Waals surface area contributed by atoms with E-state index >= 15 is 0 Å². The summed E-state index contributed by atoms with van der Waals surface area (Å²) in [5.74, 6) is 1.52. The number of hydrogen-bond donors (Lipinski definition) is 1. The highest BCUT2D eigenvalue weighted by Gasteiger charge is 2.33. The molecule has 0 radical (unpaired) electrons. The molecule has 0 spiro atoms. The third kappa shape index (κ3) is 5.17. The van der Waals surface area contributed by atoms with E-state index in [1.54, 1.807) is 41.3 Å². The summed E-state index contributed by atoms with van der Waals surface area (Å²) in [5, 5.41) is 3.40. The van der Waals surface area contributed by atoms with Crippen molar-refractivity contribution in [1.82, 2.24) is 5.32 Å². The fourth-order valence-corrected chi connectivity index (χ4v) is 4.38. The van der Waals surface area contributed by atoms with Crippen LogP contribution in [0.5, 0.6) is 17.2 Å². The van der Waals surface area contributed by atoms with Gasteiger partial charge in [0, 0.05) is 30.4 Å². The molecule has 0 saturated carbocycles. The standard InChI is InChI=1S/C26H22ClF3N2O3/c27-22-11-17-3-2-10-34-23(17)13-24(22)35-21-8-6-16(7-9-21)25(33)31-19-14-32(15-19)20-5-1-4-18(12-20)26(28,29)30/h1,4-9,11-13,19H,2-3,10,14-15H2,(H,31,33). The normalized spacial score (nSPS) is 15.6. The Morgan fingerprint density at radius 3 is 2.60 bits per heavy atom. The maximum absolute atomic E-state index is 12.9. The first-order chi connectivity index (χ1) is 16.8. The lowest BCUT2D eigenvalue weighted by atomic mass is 10.1. The Balaban J connectivity index is 1.16.